The third kappa shape index (κ3) is 5.58. The third-order valence-corrected chi connectivity index (χ3v) is 4.28. The van der Waals surface area contributed by atoms with Crippen molar-refractivity contribution >= 4 is 23.8 Å². The lowest BCUT2D eigenvalue weighted by atomic mass is 9.94. The molecule has 0 aliphatic carbocycles. The maximum atomic E-state index is 11.9. The molecule has 0 bridgehead atoms. The van der Waals surface area contributed by atoms with Gasteiger partial charge in [0.05, 0.1) is 0 Å². The standard InChI is InChI=1S/C13H25N3O3S/c1-9-8-16(2)6-4-10(9)14-13(19)15-11(12(17)18)5-7-20-3/h9-11H,4-8H2,1-3H3,(H,17,18)(H2,14,15,19). The minimum Gasteiger partial charge on any atom is -0.480 e. The molecular formula is C13H25N3O3S. The maximum absolute atomic E-state index is 11.9. The van der Waals surface area contributed by atoms with E-state index in [0.717, 1.165) is 19.5 Å². The van der Waals surface area contributed by atoms with Crippen molar-refractivity contribution in [1.29, 1.82) is 0 Å². The summed E-state index contributed by atoms with van der Waals surface area (Å²) in [6.07, 6.45) is 3.25. The van der Waals surface area contributed by atoms with Gasteiger partial charge in [0.15, 0.2) is 0 Å². The molecule has 0 saturated carbocycles. The summed E-state index contributed by atoms with van der Waals surface area (Å²) in [7, 11) is 2.07. The molecule has 0 aromatic heterocycles. The van der Waals surface area contributed by atoms with Gasteiger partial charge in [-0.25, -0.2) is 9.59 Å². The van der Waals surface area contributed by atoms with E-state index in [1.54, 1.807) is 11.8 Å². The van der Waals surface area contributed by atoms with Crippen LogP contribution in [0.2, 0.25) is 0 Å². The molecule has 1 saturated heterocycles. The van der Waals surface area contributed by atoms with Crippen molar-refractivity contribution in [2.24, 2.45) is 5.92 Å². The molecule has 1 aliphatic rings. The van der Waals surface area contributed by atoms with E-state index in [1.807, 2.05) is 6.26 Å². The third-order valence-electron chi connectivity index (χ3n) is 3.64. The molecule has 0 aromatic carbocycles. The number of carbonyl (C=O) groups is 2. The Balaban J connectivity index is 2.43. The summed E-state index contributed by atoms with van der Waals surface area (Å²) in [5, 5.41) is 14.5. The van der Waals surface area contributed by atoms with E-state index in [4.69, 9.17) is 5.11 Å². The quantitative estimate of drug-likeness (QED) is 0.677. The van der Waals surface area contributed by atoms with Gasteiger partial charge in [-0.1, -0.05) is 6.92 Å². The first-order valence-electron chi connectivity index (χ1n) is 6.91. The van der Waals surface area contributed by atoms with Crippen LogP contribution in [0.15, 0.2) is 0 Å². The van der Waals surface area contributed by atoms with E-state index in [-0.39, 0.29) is 12.1 Å². The summed E-state index contributed by atoms with van der Waals surface area (Å²) in [6, 6.07) is -1.08. The van der Waals surface area contributed by atoms with Crippen molar-refractivity contribution in [3.63, 3.8) is 0 Å². The highest BCUT2D eigenvalue weighted by Gasteiger charge is 2.27. The number of piperidine rings is 1. The number of likely N-dealkylation sites (tertiary alicyclic amines) is 1. The summed E-state index contributed by atoms with van der Waals surface area (Å²) in [4.78, 5) is 25.2. The second kappa shape index (κ2) is 8.36. The predicted molar refractivity (Wildman–Crippen MR) is 81.2 cm³/mol. The zero-order valence-electron chi connectivity index (χ0n) is 12.4. The fourth-order valence-electron chi connectivity index (χ4n) is 2.43. The van der Waals surface area contributed by atoms with Crippen molar-refractivity contribution in [1.82, 2.24) is 15.5 Å². The maximum Gasteiger partial charge on any atom is 0.326 e. The molecule has 3 unspecified atom stereocenters. The number of rotatable bonds is 6. The molecule has 3 N–H and O–H groups in total. The summed E-state index contributed by atoms with van der Waals surface area (Å²) >= 11 is 1.57. The number of nitrogens with zero attached hydrogens (tertiary/aromatic N) is 1. The second-order valence-electron chi connectivity index (χ2n) is 5.42. The monoisotopic (exact) mass is 303 g/mol. The first-order valence-corrected chi connectivity index (χ1v) is 8.30. The van der Waals surface area contributed by atoms with Crippen LogP contribution in [0.25, 0.3) is 0 Å². The molecule has 0 radical (unpaired) electrons. The lowest BCUT2D eigenvalue weighted by Crippen LogP contribution is -2.54. The van der Waals surface area contributed by atoms with Crippen molar-refractivity contribution in [2.45, 2.75) is 31.8 Å². The van der Waals surface area contributed by atoms with Crippen LogP contribution in [-0.2, 0) is 4.79 Å². The normalized spacial score (nSPS) is 24.9. The minimum atomic E-state index is -0.981. The van der Waals surface area contributed by atoms with Crippen LogP contribution >= 0.6 is 11.8 Å². The fraction of sp³-hybridized carbons (Fsp3) is 0.846. The number of aliphatic carboxylic acids is 1. The predicted octanol–water partition coefficient (Wildman–Crippen LogP) is 0.832. The summed E-state index contributed by atoms with van der Waals surface area (Å²) < 4.78 is 0. The van der Waals surface area contributed by atoms with Crippen molar-refractivity contribution in [2.75, 3.05) is 32.1 Å². The Bertz CT molecular complexity index is 341. The van der Waals surface area contributed by atoms with Crippen LogP contribution in [0.3, 0.4) is 0 Å². The molecule has 1 heterocycles. The molecule has 7 heteroatoms. The second-order valence-corrected chi connectivity index (χ2v) is 6.41. The topological polar surface area (TPSA) is 81.7 Å². The van der Waals surface area contributed by atoms with Gasteiger partial charge in [-0.05, 0) is 44.4 Å². The van der Waals surface area contributed by atoms with Crippen LogP contribution in [0, 0.1) is 5.92 Å². The van der Waals surface area contributed by atoms with Gasteiger partial charge in [0, 0.05) is 12.6 Å². The molecule has 0 aromatic rings. The van der Waals surface area contributed by atoms with Gasteiger partial charge in [0.2, 0.25) is 0 Å². The van der Waals surface area contributed by atoms with Crippen molar-refractivity contribution in [3.8, 4) is 0 Å². The van der Waals surface area contributed by atoms with Gasteiger partial charge < -0.3 is 20.6 Å². The van der Waals surface area contributed by atoms with Crippen LogP contribution in [-0.4, -0.2) is 66.2 Å². The van der Waals surface area contributed by atoms with E-state index in [2.05, 4.69) is 29.5 Å². The molecular weight excluding hydrogens is 278 g/mol. The molecule has 0 spiro atoms. The van der Waals surface area contributed by atoms with Gasteiger partial charge in [-0.2, -0.15) is 11.8 Å². The summed E-state index contributed by atoms with van der Waals surface area (Å²) in [5.41, 5.74) is 0. The van der Waals surface area contributed by atoms with Crippen LogP contribution < -0.4 is 10.6 Å². The van der Waals surface area contributed by atoms with E-state index < -0.39 is 12.0 Å². The number of nitrogens with one attached hydrogen (secondary N) is 2. The molecule has 116 valence electrons. The van der Waals surface area contributed by atoms with E-state index in [0.29, 0.717) is 18.1 Å². The Morgan fingerprint density at radius 2 is 2.20 bits per heavy atom. The van der Waals surface area contributed by atoms with Crippen molar-refractivity contribution in [3.05, 3.63) is 0 Å². The number of carbonyl (C=O) groups excluding carboxylic acids is 1. The highest BCUT2D eigenvalue weighted by Crippen LogP contribution is 2.15. The number of urea groups is 1. The first kappa shape index (κ1) is 17.1. The molecule has 20 heavy (non-hydrogen) atoms. The number of carboxylic acid groups (broad SMARTS) is 1. The molecule has 3 atom stereocenters. The number of hydrogen-bond acceptors (Lipinski definition) is 4. The first-order chi connectivity index (χ1) is 9.43. The number of carboxylic acids is 1. The lowest BCUT2D eigenvalue weighted by Gasteiger charge is -2.35. The molecule has 2 amide bonds. The largest absolute Gasteiger partial charge is 0.480 e. The molecule has 1 aliphatic heterocycles. The molecule has 1 fully saturated rings. The smallest absolute Gasteiger partial charge is 0.326 e. The average Bonchev–Trinajstić information content (AvgIpc) is 2.37. The lowest BCUT2D eigenvalue weighted by molar-refractivity contribution is -0.139. The Hall–Kier alpha value is -0.950. The zero-order valence-corrected chi connectivity index (χ0v) is 13.2. The number of hydrogen-bond donors (Lipinski definition) is 3. The Morgan fingerprint density at radius 1 is 1.50 bits per heavy atom. The summed E-state index contributed by atoms with van der Waals surface area (Å²) in [6.45, 7) is 3.99. The molecule has 6 nitrogen and oxygen atoms in total. The Morgan fingerprint density at radius 3 is 2.75 bits per heavy atom. The van der Waals surface area contributed by atoms with Gasteiger partial charge in [-0.3, -0.25) is 0 Å². The molecule has 1 rings (SSSR count). The highest BCUT2D eigenvalue weighted by molar-refractivity contribution is 7.98. The zero-order chi connectivity index (χ0) is 15.1. The number of amides is 2. The van der Waals surface area contributed by atoms with Crippen LogP contribution in [0.1, 0.15) is 19.8 Å². The van der Waals surface area contributed by atoms with E-state index >= 15 is 0 Å². The van der Waals surface area contributed by atoms with Crippen molar-refractivity contribution < 1.29 is 14.7 Å². The fourth-order valence-corrected chi connectivity index (χ4v) is 2.90. The number of thioether (sulfide) groups is 1. The minimum absolute atomic E-state index is 0.112. The SMILES string of the molecule is CSCCC(NC(=O)NC1CCN(C)CC1C)C(=O)O. The van der Waals surface area contributed by atoms with E-state index in [1.165, 1.54) is 0 Å². The van der Waals surface area contributed by atoms with Crippen LogP contribution in [0.4, 0.5) is 4.79 Å². The Kier molecular flexibility index (Phi) is 7.15. The van der Waals surface area contributed by atoms with Gasteiger partial charge in [0.25, 0.3) is 0 Å². The summed E-state index contributed by atoms with van der Waals surface area (Å²) in [5.74, 6) is 0.0987. The van der Waals surface area contributed by atoms with Gasteiger partial charge >= 0.3 is 12.0 Å². The Labute approximate surface area is 124 Å². The highest BCUT2D eigenvalue weighted by atomic mass is 32.2. The van der Waals surface area contributed by atoms with E-state index in [9.17, 15) is 9.59 Å². The average molecular weight is 303 g/mol. The van der Waals surface area contributed by atoms with Crippen LogP contribution in [0.5, 0.6) is 0 Å². The van der Waals surface area contributed by atoms with Gasteiger partial charge in [-0.15, -0.1) is 0 Å². The van der Waals surface area contributed by atoms with Gasteiger partial charge in [0.1, 0.15) is 6.04 Å².